The number of carbonyl (C=O) groups is 1. The standard InChI is InChI=1S/C16H25N3OS/c1-4-5-10-8-11(10)18-15-12(9-6-7-9)13(17)14(21-15)16(20)19(2)3/h9-11,18H,4-8,17H2,1-3H3. The van der Waals surface area contributed by atoms with E-state index in [0.29, 0.717) is 16.8 Å². The van der Waals surface area contributed by atoms with Crippen LogP contribution in [0.5, 0.6) is 0 Å². The Morgan fingerprint density at radius 2 is 2.14 bits per heavy atom. The van der Waals surface area contributed by atoms with E-state index in [0.717, 1.165) is 16.6 Å². The normalized spacial score (nSPS) is 24.0. The van der Waals surface area contributed by atoms with E-state index in [1.165, 1.54) is 37.7 Å². The average Bonchev–Trinajstić information content (AvgIpc) is 3.33. The minimum Gasteiger partial charge on any atom is -0.397 e. The quantitative estimate of drug-likeness (QED) is 0.845. The first kappa shape index (κ1) is 14.7. The second-order valence-electron chi connectivity index (χ2n) is 6.60. The molecule has 2 saturated carbocycles. The second-order valence-corrected chi connectivity index (χ2v) is 7.62. The summed E-state index contributed by atoms with van der Waals surface area (Å²) in [7, 11) is 3.56. The molecule has 2 unspecified atom stereocenters. The zero-order valence-electron chi connectivity index (χ0n) is 13.1. The molecule has 1 aromatic rings. The minimum absolute atomic E-state index is 0.0216. The molecule has 2 fully saturated rings. The molecule has 1 heterocycles. The Labute approximate surface area is 130 Å². The number of hydrogen-bond acceptors (Lipinski definition) is 4. The van der Waals surface area contributed by atoms with Gasteiger partial charge in [-0.3, -0.25) is 4.79 Å². The van der Waals surface area contributed by atoms with E-state index in [2.05, 4.69) is 12.2 Å². The predicted molar refractivity (Wildman–Crippen MR) is 89.1 cm³/mol. The van der Waals surface area contributed by atoms with Gasteiger partial charge in [0.2, 0.25) is 0 Å². The van der Waals surface area contributed by atoms with Gasteiger partial charge in [-0.15, -0.1) is 11.3 Å². The number of thiophene rings is 1. The van der Waals surface area contributed by atoms with Crippen LogP contribution in [0.25, 0.3) is 0 Å². The lowest BCUT2D eigenvalue weighted by molar-refractivity contribution is 0.0833. The summed E-state index contributed by atoms with van der Waals surface area (Å²) in [6, 6.07) is 0.586. The molecular weight excluding hydrogens is 282 g/mol. The molecule has 2 aliphatic rings. The van der Waals surface area contributed by atoms with Crippen LogP contribution in [0.4, 0.5) is 10.7 Å². The highest BCUT2D eigenvalue weighted by atomic mass is 32.1. The van der Waals surface area contributed by atoms with Crippen molar-refractivity contribution in [2.75, 3.05) is 25.1 Å². The molecule has 0 spiro atoms. The van der Waals surface area contributed by atoms with Crippen LogP contribution < -0.4 is 11.1 Å². The minimum atomic E-state index is 0.0216. The number of nitrogens with one attached hydrogen (secondary N) is 1. The molecule has 0 bridgehead atoms. The van der Waals surface area contributed by atoms with Crippen LogP contribution in [-0.2, 0) is 0 Å². The summed E-state index contributed by atoms with van der Waals surface area (Å²) in [5, 5.41) is 4.82. The fourth-order valence-corrected chi connectivity index (χ4v) is 4.28. The van der Waals surface area contributed by atoms with Gasteiger partial charge in [-0.2, -0.15) is 0 Å². The number of nitrogens with zero attached hydrogens (tertiary/aromatic N) is 1. The number of anilines is 2. The largest absolute Gasteiger partial charge is 0.397 e. The molecule has 5 heteroatoms. The molecule has 1 aromatic heterocycles. The van der Waals surface area contributed by atoms with E-state index < -0.39 is 0 Å². The maximum atomic E-state index is 12.3. The van der Waals surface area contributed by atoms with E-state index in [9.17, 15) is 4.79 Å². The Bertz CT molecular complexity index is 548. The Morgan fingerprint density at radius 1 is 1.43 bits per heavy atom. The number of carbonyl (C=O) groups excluding carboxylic acids is 1. The molecule has 1 amide bonds. The van der Waals surface area contributed by atoms with Crippen molar-refractivity contribution in [2.45, 2.75) is 51.0 Å². The van der Waals surface area contributed by atoms with Crippen molar-refractivity contribution in [3.63, 3.8) is 0 Å². The molecule has 116 valence electrons. The van der Waals surface area contributed by atoms with E-state index in [1.54, 1.807) is 30.3 Å². The zero-order valence-corrected chi connectivity index (χ0v) is 13.9. The topological polar surface area (TPSA) is 58.4 Å². The molecule has 21 heavy (non-hydrogen) atoms. The highest BCUT2D eigenvalue weighted by molar-refractivity contribution is 7.18. The van der Waals surface area contributed by atoms with Crippen molar-refractivity contribution in [1.82, 2.24) is 4.90 Å². The summed E-state index contributed by atoms with van der Waals surface area (Å²) >= 11 is 1.55. The van der Waals surface area contributed by atoms with Crippen LogP contribution >= 0.6 is 11.3 Å². The first-order valence-corrected chi connectivity index (χ1v) is 8.74. The van der Waals surface area contributed by atoms with Crippen LogP contribution in [0.1, 0.15) is 60.2 Å². The number of nitrogen functional groups attached to an aromatic ring is 1. The molecular formula is C16H25N3OS. The summed E-state index contributed by atoms with van der Waals surface area (Å²) in [4.78, 5) is 14.6. The van der Waals surface area contributed by atoms with Gasteiger partial charge in [0, 0.05) is 25.7 Å². The summed E-state index contributed by atoms with van der Waals surface area (Å²) in [6.07, 6.45) is 6.20. The second kappa shape index (κ2) is 5.52. The summed E-state index contributed by atoms with van der Waals surface area (Å²) in [6.45, 7) is 2.24. The number of hydrogen-bond donors (Lipinski definition) is 2. The predicted octanol–water partition coefficient (Wildman–Crippen LogP) is 3.51. The number of amides is 1. The van der Waals surface area contributed by atoms with E-state index in [1.807, 2.05) is 0 Å². The fourth-order valence-electron chi connectivity index (χ4n) is 2.99. The fraction of sp³-hybridized carbons (Fsp3) is 0.688. The molecule has 0 saturated heterocycles. The van der Waals surface area contributed by atoms with Crippen LogP contribution in [-0.4, -0.2) is 30.9 Å². The lowest BCUT2D eigenvalue weighted by atomic mass is 10.1. The van der Waals surface area contributed by atoms with Gasteiger partial charge in [-0.1, -0.05) is 13.3 Å². The summed E-state index contributed by atoms with van der Waals surface area (Å²) in [5.41, 5.74) is 8.23. The van der Waals surface area contributed by atoms with Crippen molar-refractivity contribution >= 4 is 27.9 Å². The molecule has 4 nitrogen and oxygen atoms in total. The number of rotatable bonds is 6. The molecule has 2 aliphatic carbocycles. The third kappa shape index (κ3) is 2.89. The van der Waals surface area contributed by atoms with Crippen molar-refractivity contribution in [2.24, 2.45) is 5.92 Å². The Balaban J connectivity index is 1.82. The molecule has 3 N–H and O–H groups in total. The lowest BCUT2D eigenvalue weighted by Crippen LogP contribution is -2.21. The van der Waals surface area contributed by atoms with Crippen molar-refractivity contribution in [1.29, 1.82) is 0 Å². The summed E-state index contributed by atoms with van der Waals surface area (Å²) in [5.74, 6) is 1.39. The third-order valence-electron chi connectivity index (χ3n) is 4.47. The Hall–Kier alpha value is -1.23. The Morgan fingerprint density at radius 3 is 2.71 bits per heavy atom. The molecule has 3 rings (SSSR count). The number of nitrogens with two attached hydrogens (primary N) is 1. The first-order chi connectivity index (χ1) is 10.0. The maximum absolute atomic E-state index is 12.3. The third-order valence-corrected chi connectivity index (χ3v) is 5.61. The highest BCUT2D eigenvalue weighted by Gasteiger charge is 2.39. The Kier molecular flexibility index (Phi) is 3.86. The monoisotopic (exact) mass is 307 g/mol. The SMILES string of the molecule is CCCC1CC1Nc1sc(C(=O)N(C)C)c(N)c1C1CC1. The smallest absolute Gasteiger partial charge is 0.265 e. The van der Waals surface area contributed by atoms with Crippen LogP contribution in [0, 0.1) is 5.92 Å². The van der Waals surface area contributed by atoms with E-state index in [-0.39, 0.29) is 5.91 Å². The van der Waals surface area contributed by atoms with Crippen LogP contribution in [0.3, 0.4) is 0 Å². The van der Waals surface area contributed by atoms with Gasteiger partial charge in [-0.05, 0) is 37.5 Å². The van der Waals surface area contributed by atoms with E-state index in [4.69, 9.17) is 5.73 Å². The van der Waals surface area contributed by atoms with Crippen LogP contribution in [0.2, 0.25) is 0 Å². The van der Waals surface area contributed by atoms with Crippen molar-refractivity contribution in [3.8, 4) is 0 Å². The first-order valence-electron chi connectivity index (χ1n) is 7.93. The summed E-state index contributed by atoms with van der Waals surface area (Å²) < 4.78 is 0. The van der Waals surface area contributed by atoms with Crippen molar-refractivity contribution < 1.29 is 4.79 Å². The maximum Gasteiger partial charge on any atom is 0.265 e. The molecule has 2 atom stereocenters. The van der Waals surface area contributed by atoms with Gasteiger partial charge in [-0.25, -0.2) is 0 Å². The average molecular weight is 307 g/mol. The van der Waals surface area contributed by atoms with Gasteiger partial charge >= 0.3 is 0 Å². The van der Waals surface area contributed by atoms with Gasteiger partial charge < -0.3 is 16.0 Å². The highest BCUT2D eigenvalue weighted by Crippen LogP contribution is 2.52. The lowest BCUT2D eigenvalue weighted by Gasteiger charge is -2.08. The van der Waals surface area contributed by atoms with Gasteiger partial charge in [0.15, 0.2) is 0 Å². The van der Waals surface area contributed by atoms with E-state index >= 15 is 0 Å². The molecule has 0 aliphatic heterocycles. The molecule has 0 aromatic carbocycles. The molecule has 0 radical (unpaired) electrons. The van der Waals surface area contributed by atoms with Gasteiger partial charge in [0.25, 0.3) is 5.91 Å². The van der Waals surface area contributed by atoms with Gasteiger partial charge in [0.05, 0.1) is 10.7 Å². The zero-order chi connectivity index (χ0) is 15.1. The van der Waals surface area contributed by atoms with Gasteiger partial charge in [0.1, 0.15) is 4.88 Å². The van der Waals surface area contributed by atoms with Crippen molar-refractivity contribution in [3.05, 3.63) is 10.4 Å². The van der Waals surface area contributed by atoms with Crippen LogP contribution in [0.15, 0.2) is 0 Å².